The maximum Gasteiger partial charge on any atom is 0.203 e. The minimum Gasteiger partial charge on any atom is -0.352 e. The summed E-state index contributed by atoms with van der Waals surface area (Å²) in [5, 5.41) is 8.28. The number of nitrogens with zero attached hydrogens (tertiary/aromatic N) is 5. The molecule has 19 heavy (non-hydrogen) atoms. The molecule has 0 aliphatic heterocycles. The van der Waals surface area contributed by atoms with Crippen molar-refractivity contribution in [1.29, 1.82) is 0 Å². The molecule has 5 heteroatoms. The minimum atomic E-state index is 0.790. The molecule has 0 spiro atoms. The monoisotopic (exact) mass is 253 g/mol. The topological polar surface area (TPSA) is 46.3 Å². The lowest BCUT2D eigenvalue weighted by atomic mass is 10.2. The van der Waals surface area contributed by atoms with Gasteiger partial charge in [-0.25, -0.2) is 4.98 Å². The Morgan fingerprint density at radius 1 is 1.16 bits per heavy atom. The van der Waals surface area contributed by atoms with E-state index in [9.17, 15) is 0 Å². The molecule has 5 nitrogen and oxygen atoms in total. The van der Waals surface area contributed by atoms with Crippen LogP contribution in [-0.2, 0) is 6.54 Å². The summed E-state index contributed by atoms with van der Waals surface area (Å²) in [5.74, 6) is 1.71. The maximum atomic E-state index is 4.42. The maximum absolute atomic E-state index is 4.42. The summed E-state index contributed by atoms with van der Waals surface area (Å²) in [6.07, 6.45) is 3.66. The molecular weight excluding hydrogens is 238 g/mol. The summed E-state index contributed by atoms with van der Waals surface area (Å²) in [6, 6.07) is 10.3. The Labute approximate surface area is 111 Å². The number of benzene rings is 1. The molecule has 0 unspecified atom stereocenters. The van der Waals surface area contributed by atoms with E-state index < -0.39 is 0 Å². The van der Waals surface area contributed by atoms with Crippen LogP contribution >= 0.6 is 0 Å². The van der Waals surface area contributed by atoms with Crippen molar-refractivity contribution < 1.29 is 0 Å². The molecule has 0 aliphatic rings. The third-order valence-electron chi connectivity index (χ3n) is 3.10. The van der Waals surface area contributed by atoms with E-state index in [0.29, 0.717) is 0 Å². The van der Waals surface area contributed by atoms with Crippen LogP contribution in [0.4, 0.5) is 5.82 Å². The van der Waals surface area contributed by atoms with Crippen LogP contribution < -0.4 is 4.90 Å². The molecule has 0 fully saturated rings. The Morgan fingerprint density at radius 2 is 1.95 bits per heavy atom. The molecule has 0 N–H and O–H groups in total. The van der Waals surface area contributed by atoms with Crippen LogP contribution in [0, 0.1) is 6.92 Å². The van der Waals surface area contributed by atoms with Crippen molar-refractivity contribution in [3.63, 3.8) is 0 Å². The second-order valence-corrected chi connectivity index (χ2v) is 4.53. The van der Waals surface area contributed by atoms with Gasteiger partial charge in [0, 0.05) is 26.0 Å². The lowest BCUT2D eigenvalue weighted by Crippen LogP contribution is -2.18. The van der Waals surface area contributed by atoms with Crippen molar-refractivity contribution in [2.45, 2.75) is 13.5 Å². The van der Waals surface area contributed by atoms with Crippen molar-refractivity contribution in [1.82, 2.24) is 19.6 Å². The van der Waals surface area contributed by atoms with Crippen LogP contribution in [0.3, 0.4) is 0 Å². The molecule has 0 bridgehead atoms. The zero-order valence-corrected chi connectivity index (χ0v) is 11.0. The van der Waals surface area contributed by atoms with Crippen LogP contribution in [-0.4, -0.2) is 26.6 Å². The van der Waals surface area contributed by atoms with E-state index in [1.54, 1.807) is 6.20 Å². The van der Waals surface area contributed by atoms with Crippen LogP contribution in [0.15, 0.2) is 42.7 Å². The molecule has 96 valence electrons. The molecule has 2 aromatic heterocycles. The molecule has 1 aromatic carbocycles. The van der Waals surface area contributed by atoms with Crippen molar-refractivity contribution in [3.05, 3.63) is 54.1 Å². The fraction of sp³-hybridized carbons (Fsp3) is 0.214. The molecule has 3 aromatic rings. The van der Waals surface area contributed by atoms with E-state index in [1.165, 1.54) is 5.56 Å². The molecule has 2 heterocycles. The quantitative estimate of drug-likeness (QED) is 0.717. The first-order valence-electron chi connectivity index (χ1n) is 6.17. The molecule has 0 aliphatic carbocycles. The van der Waals surface area contributed by atoms with Gasteiger partial charge in [0.15, 0.2) is 5.82 Å². The SMILES string of the molecule is Cc1nnc2c(N(C)Cc3ccccc3)nccn12. The van der Waals surface area contributed by atoms with Crippen LogP contribution in [0.5, 0.6) is 0 Å². The van der Waals surface area contributed by atoms with Crippen molar-refractivity contribution in [3.8, 4) is 0 Å². The first kappa shape index (κ1) is 11.6. The molecular formula is C14H15N5. The predicted molar refractivity (Wildman–Crippen MR) is 74.1 cm³/mol. The Hall–Kier alpha value is -2.43. The number of anilines is 1. The van der Waals surface area contributed by atoms with Gasteiger partial charge in [-0.1, -0.05) is 30.3 Å². The Balaban J connectivity index is 1.96. The lowest BCUT2D eigenvalue weighted by Gasteiger charge is -2.18. The second kappa shape index (κ2) is 4.68. The predicted octanol–water partition coefficient (Wildman–Crippen LogP) is 2.07. The standard InChI is InChI=1S/C14H15N5/c1-11-16-17-14-13(15-8-9-19(11)14)18(2)10-12-6-4-3-5-7-12/h3-9H,10H2,1-2H3. The van der Waals surface area contributed by atoms with E-state index in [2.05, 4.69) is 32.2 Å². The zero-order chi connectivity index (χ0) is 13.2. The third-order valence-corrected chi connectivity index (χ3v) is 3.10. The van der Waals surface area contributed by atoms with Crippen LogP contribution in [0.1, 0.15) is 11.4 Å². The van der Waals surface area contributed by atoms with Gasteiger partial charge in [0.25, 0.3) is 0 Å². The number of hydrogen-bond acceptors (Lipinski definition) is 4. The van der Waals surface area contributed by atoms with E-state index >= 15 is 0 Å². The van der Waals surface area contributed by atoms with Crippen molar-refractivity contribution in [2.75, 3.05) is 11.9 Å². The summed E-state index contributed by atoms with van der Waals surface area (Å²) in [7, 11) is 2.01. The summed E-state index contributed by atoms with van der Waals surface area (Å²) < 4.78 is 1.95. The first-order chi connectivity index (χ1) is 9.25. The molecule has 0 amide bonds. The summed E-state index contributed by atoms with van der Waals surface area (Å²) in [5.41, 5.74) is 2.03. The van der Waals surface area contributed by atoms with Crippen LogP contribution in [0.2, 0.25) is 0 Å². The Morgan fingerprint density at radius 3 is 2.74 bits per heavy atom. The van der Waals surface area contributed by atoms with E-state index in [4.69, 9.17) is 0 Å². The van der Waals surface area contributed by atoms with Gasteiger partial charge in [0.2, 0.25) is 5.65 Å². The first-order valence-corrected chi connectivity index (χ1v) is 6.17. The van der Waals surface area contributed by atoms with E-state index in [1.807, 2.05) is 42.8 Å². The third kappa shape index (κ3) is 2.14. The summed E-state index contributed by atoms with van der Waals surface area (Å²) in [4.78, 5) is 6.50. The number of hydrogen-bond donors (Lipinski definition) is 0. The van der Waals surface area contributed by atoms with Gasteiger partial charge in [-0.05, 0) is 12.5 Å². The molecule has 0 atom stereocenters. The van der Waals surface area contributed by atoms with Crippen LogP contribution in [0.25, 0.3) is 5.65 Å². The fourth-order valence-corrected chi connectivity index (χ4v) is 2.13. The van der Waals surface area contributed by atoms with Gasteiger partial charge < -0.3 is 4.90 Å². The lowest BCUT2D eigenvalue weighted by molar-refractivity contribution is 0.890. The van der Waals surface area contributed by atoms with Gasteiger partial charge in [-0.15, -0.1) is 10.2 Å². The van der Waals surface area contributed by atoms with Gasteiger partial charge in [0.05, 0.1) is 0 Å². The zero-order valence-electron chi connectivity index (χ0n) is 11.0. The molecule has 3 rings (SSSR count). The van der Waals surface area contributed by atoms with E-state index in [0.717, 1.165) is 23.8 Å². The number of aryl methyl sites for hydroxylation is 1. The summed E-state index contributed by atoms with van der Waals surface area (Å²) >= 11 is 0. The van der Waals surface area contributed by atoms with Gasteiger partial charge in [-0.2, -0.15) is 0 Å². The normalized spacial score (nSPS) is 10.8. The summed E-state index contributed by atoms with van der Waals surface area (Å²) in [6.45, 7) is 2.72. The molecule has 0 saturated carbocycles. The highest BCUT2D eigenvalue weighted by molar-refractivity contribution is 5.63. The van der Waals surface area contributed by atoms with Crippen molar-refractivity contribution in [2.24, 2.45) is 0 Å². The fourth-order valence-electron chi connectivity index (χ4n) is 2.13. The van der Waals surface area contributed by atoms with Gasteiger partial charge >= 0.3 is 0 Å². The molecule has 0 saturated heterocycles. The average molecular weight is 253 g/mol. The van der Waals surface area contributed by atoms with Gasteiger partial charge in [-0.3, -0.25) is 4.40 Å². The highest BCUT2D eigenvalue weighted by Gasteiger charge is 2.11. The van der Waals surface area contributed by atoms with E-state index in [-0.39, 0.29) is 0 Å². The highest BCUT2D eigenvalue weighted by Crippen LogP contribution is 2.18. The van der Waals surface area contributed by atoms with Gasteiger partial charge in [0.1, 0.15) is 5.82 Å². The van der Waals surface area contributed by atoms with Crippen molar-refractivity contribution >= 4 is 11.5 Å². The largest absolute Gasteiger partial charge is 0.352 e. The minimum absolute atomic E-state index is 0.790. The number of aromatic nitrogens is 4. The number of rotatable bonds is 3. The highest BCUT2D eigenvalue weighted by atomic mass is 15.3. The Kier molecular flexibility index (Phi) is 2.87. The smallest absolute Gasteiger partial charge is 0.203 e. The Bertz CT molecular complexity index is 689. The number of fused-ring (bicyclic) bond motifs is 1. The second-order valence-electron chi connectivity index (χ2n) is 4.53. The molecule has 0 radical (unpaired) electrons. The average Bonchev–Trinajstić information content (AvgIpc) is 2.82.